The summed E-state index contributed by atoms with van der Waals surface area (Å²) in [6.45, 7) is 4.26. The van der Waals surface area contributed by atoms with Gasteiger partial charge in [0.2, 0.25) is 0 Å². The fraction of sp³-hybridized carbons (Fsp3) is 0.364. The monoisotopic (exact) mass is 349 g/mol. The number of carboxylic acid groups (broad SMARTS) is 1. The first-order chi connectivity index (χ1) is 12.5. The Hall–Kier alpha value is -2.62. The highest BCUT2D eigenvalue weighted by Crippen LogP contribution is 2.47. The number of rotatable bonds is 4. The zero-order valence-corrected chi connectivity index (χ0v) is 15.1. The molecule has 1 fully saturated rings. The molecule has 134 valence electrons. The molecule has 2 atom stereocenters. The van der Waals surface area contributed by atoms with Crippen molar-refractivity contribution in [2.45, 2.75) is 50.6 Å². The van der Waals surface area contributed by atoms with Crippen molar-refractivity contribution < 1.29 is 14.7 Å². The minimum Gasteiger partial charge on any atom is -0.481 e. The average molecular weight is 349 g/mol. The van der Waals surface area contributed by atoms with Crippen molar-refractivity contribution >= 4 is 11.9 Å². The van der Waals surface area contributed by atoms with Gasteiger partial charge in [-0.3, -0.25) is 9.59 Å². The van der Waals surface area contributed by atoms with E-state index in [-0.39, 0.29) is 11.9 Å². The molecule has 1 aliphatic carbocycles. The molecule has 1 aliphatic heterocycles. The third kappa shape index (κ3) is 2.70. The first-order valence-electron chi connectivity index (χ1n) is 9.23. The summed E-state index contributed by atoms with van der Waals surface area (Å²) in [5.74, 6) is -1.26. The molecule has 4 nitrogen and oxygen atoms in total. The minimum atomic E-state index is -0.881. The predicted octanol–water partition coefficient (Wildman–Crippen LogP) is 4.34. The summed E-state index contributed by atoms with van der Waals surface area (Å²) in [6.07, 6.45) is 1.89. The van der Waals surface area contributed by atoms with Gasteiger partial charge in [-0.1, -0.05) is 56.3 Å². The highest BCUT2D eigenvalue weighted by atomic mass is 16.4. The molecular weight excluding hydrogens is 326 g/mol. The van der Waals surface area contributed by atoms with Crippen molar-refractivity contribution in [1.29, 1.82) is 0 Å². The Kier molecular flexibility index (Phi) is 4.06. The molecule has 0 saturated heterocycles. The van der Waals surface area contributed by atoms with Crippen LogP contribution in [0.15, 0.2) is 48.5 Å². The van der Waals surface area contributed by atoms with Crippen molar-refractivity contribution in [3.8, 4) is 0 Å². The van der Waals surface area contributed by atoms with Gasteiger partial charge in [-0.2, -0.15) is 0 Å². The third-order valence-corrected chi connectivity index (χ3v) is 5.53. The largest absolute Gasteiger partial charge is 0.481 e. The molecule has 4 heteroatoms. The SMILES string of the molecule is CC(C)c1ccc(C2C(C(=O)O)c3ccccc3C(=O)N2C2CC2)cc1. The molecule has 1 N–H and O–H groups in total. The maximum atomic E-state index is 13.2. The van der Waals surface area contributed by atoms with Gasteiger partial charge in [0.25, 0.3) is 5.91 Å². The van der Waals surface area contributed by atoms with E-state index in [1.165, 1.54) is 5.56 Å². The summed E-state index contributed by atoms with van der Waals surface area (Å²) in [6, 6.07) is 14.9. The smallest absolute Gasteiger partial charge is 0.313 e. The first-order valence-corrected chi connectivity index (χ1v) is 9.23. The van der Waals surface area contributed by atoms with Crippen LogP contribution in [0.25, 0.3) is 0 Å². The van der Waals surface area contributed by atoms with Crippen LogP contribution in [0.1, 0.15) is 71.6 Å². The molecule has 0 aromatic heterocycles. The number of benzene rings is 2. The molecule has 26 heavy (non-hydrogen) atoms. The molecule has 2 unspecified atom stereocenters. The lowest BCUT2D eigenvalue weighted by Crippen LogP contribution is -2.46. The summed E-state index contributed by atoms with van der Waals surface area (Å²) in [5, 5.41) is 10.0. The second kappa shape index (κ2) is 6.27. The second-order valence-corrected chi connectivity index (χ2v) is 7.61. The highest BCUT2D eigenvalue weighted by molar-refractivity contribution is 6.00. The number of carboxylic acids is 1. The van der Waals surface area contributed by atoms with Crippen LogP contribution < -0.4 is 0 Å². The van der Waals surface area contributed by atoms with Crippen LogP contribution in [0.3, 0.4) is 0 Å². The van der Waals surface area contributed by atoms with Gasteiger partial charge in [-0.05, 0) is 41.5 Å². The maximum Gasteiger partial charge on any atom is 0.313 e. The van der Waals surface area contributed by atoms with E-state index >= 15 is 0 Å². The van der Waals surface area contributed by atoms with Gasteiger partial charge in [-0.25, -0.2) is 0 Å². The van der Waals surface area contributed by atoms with Crippen molar-refractivity contribution in [2.75, 3.05) is 0 Å². The topological polar surface area (TPSA) is 57.6 Å². The predicted molar refractivity (Wildman–Crippen MR) is 99.3 cm³/mol. The number of carbonyl (C=O) groups excluding carboxylic acids is 1. The number of nitrogens with zero attached hydrogens (tertiary/aromatic N) is 1. The molecule has 1 amide bonds. The van der Waals surface area contributed by atoms with Gasteiger partial charge in [0.1, 0.15) is 5.92 Å². The number of hydrogen-bond donors (Lipinski definition) is 1. The lowest BCUT2D eigenvalue weighted by Gasteiger charge is -2.41. The van der Waals surface area contributed by atoms with Crippen molar-refractivity contribution in [3.05, 3.63) is 70.8 Å². The van der Waals surface area contributed by atoms with Gasteiger partial charge in [0.05, 0.1) is 6.04 Å². The molecule has 0 radical (unpaired) electrons. The quantitative estimate of drug-likeness (QED) is 0.893. The second-order valence-electron chi connectivity index (χ2n) is 7.61. The van der Waals surface area contributed by atoms with Gasteiger partial charge >= 0.3 is 5.97 Å². The third-order valence-electron chi connectivity index (χ3n) is 5.53. The summed E-state index contributed by atoms with van der Waals surface area (Å²) in [7, 11) is 0. The fourth-order valence-corrected chi connectivity index (χ4v) is 4.00. The molecule has 0 spiro atoms. The van der Waals surface area contributed by atoms with E-state index in [9.17, 15) is 14.7 Å². The minimum absolute atomic E-state index is 0.0430. The van der Waals surface area contributed by atoms with Gasteiger partial charge in [-0.15, -0.1) is 0 Å². The van der Waals surface area contributed by atoms with Crippen molar-refractivity contribution in [3.63, 3.8) is 0 Å². The van der Waals surface area contributed by atoms with E-state index < -0.39 is 17.9 Å². The van der Waals surface area contributed by atoms with Gasteiger partial charge in [0.15, 0.2) is 0 Å². The van der Waals surface area contributed by atoms with E-state index in [1.807, 2.05) is 23.1 Å². The molecule has 4 rings (SSSR count). The number of hydrogen-bond acceptors (Lipinski definition) is 2. The Bertz CT molecular complexity index is 852. The molecule has 2 aliphatic rings. The Morgan fingerprint density at radius 1 is 1.08 bits per heavy atom. The van der Waals surface area contributed by atoms with E-state index in [0.29, 0.717) is 17.0 Å². The molecular formula is C22H23NO3. The van der Waals surface area contributed by atoms with Crippen LogP contribution in [-0.4, -0.2) is 27.9 Å². The standard InChI is InChI=1S/C22H23NO3/c1-13(2)14-7-9-15(10-8-14)20-19(22(25)26)17-5-3-4-6-18(17)21(24)23(20)16-11-12-16/h3-10,13,16,19-20H,11-12H2,1-2H3,(H,25,26). The van der Waals surface area contributed by atoms with Gasteiger partial charge in [0, 0.05) is 11.6 Å². The number of amides is 1. The van der Waals surface area contributed by atoms with Crippen molar-refractivity contribution in [1.82, 2.24) is 4.90 Å². The van der Waals surface area contributed by atoms with Crippen LogP contribution in [-0.2, 0) is 4.79 Å². The summed E-state index contributed by atoms with van der Waals surface area (Å²) >= 11 is 0. The zero-order chi connectivity index (χ0) is 18.4. The van der Waals surface area contributed by atoms with E-state index in [0.717, 1.165) is 18.4 Å². The Labute approximate surface area is 153 Å². The average Bonchev–Trinajstić information content (AvgIpc) is 3.46. The number of fused-ring (bicyclic) bond motifs is 1. The normalized spacial score (nSPS) is 22.4. The molecule has 2 aromatic carbocycles. The Morgan fingerprint density at radius 3 is 2.31 bits per heavy atom. The molecule has 1 heterocycles. The van der Waals surface area contributed by atoms with Crippen LogP contribution >= 0.6 is 0 Å². The summed E-state index contributed by atoms with van der Waals surface area (Å²) in [4.78, 5) is 27.2. The lowest BCUT2D eigenvalue weighted by atomic mass is 9.79. The van der Waals surface area contributed by atoms with E-state index in [2.05, 4.69) is 26.0 Å². The maximum absolute atomic E-state index is 13.2. The van der Waals surface area contributed by atoms with Crippen LogP contribution in [0, 0.1) is 0 Å². The lowest BCUT2D eigenvalue weighted by molar-refractivity contribution is -0.140. The summed E-state index contributed by atoms with van der Waals surface area (Å²) in [5.41, 5.74) is 3.26. The number of aliphatic carboxylic acids is 1. The van der Waals surface area contributed by atoms with Crippen LogP contribution in [0.2, 0.25) is 0 Å². The highest BCUT2D eigenvalue weighted by Gasteiger charge is 2.49. The number of carbonyl (C=O) groups is 2. The first kappa shape index (κ1) is 16.8. The zero-order valence-electron chi connectivity index (χ0n) is 15.1. The fourth-order valence-electron chi connectivity index (χ4n) is 4.00. The van der Waals surface area contributed by atoms with Gasteiger partial charge < -0.3 is 10.0 Å². The Morgan fingerprint density at radius 2 is 1.73 bits per heavy atom. The van der Waals surface area contributed by atoms with Crippen LogP contribution in [0.4, 0.5) is 0 Å². The Balaban J connectivity index is 1.86. The molecule has 0 bridgehead atoms. The molecule has 1 saturated carbocycles. The van der Waals surface area contributed by atoms with Crippen molar-refractivity contribution in [2.24, 2.45) is 0 Å². The molecule has 2 aromatic rings. The van der Waals surface area contributed by atoms with Crippen LogP contribution in [0.5, 0.6) is 0 Å². The van der Waals surface area contributed by atoms with E-state index in [1.54, 1.807) is 18.2 Å². The summed E-state index contributed by atoms with van der Waals surface area (Å²) < 4.78 is 0. The van der Waals surface area contributed by atoms with E-state index in [4.69, 9.17) is 0 Å².